The molecular formula is C18H19BrN4O3S. The molecule has 9 heteroatoms. The minimum Gasteiger partial charge on any atom is -0.300 e. The van der Waals surface area contributed by atoms with Gasteiger partial charge in [0.2, 0.25) is 11.0 Å². The normalized spacial score (nSPS) is 13.2. The molecular weight excluding hydrogens is 432 g/mol. The summed E-state index contributed by atoms with van der Waals surface area (Å²) in [6.07, 6.45) is 4.19. The molecule has 1 aromatic heterocycles. The molecule has 1 N–H and O–H groups in total. The Bertz CT molecular complexity index is 883. The Balaban J connectivity index is 1.53. The summed E-state index contributed by atoms with van der Waals surface area (Å²) in [5.41, 5.74) is 0.722. The van der Waals surface area contributed by atoms with Gasteiger partial charge in [-0.1, -0.05) is 47.0 Å². The van der Waals surface area contributed by atoms with E-state index in [1.165, 1.54) is 11.3 Å². The Hall–Kier alpha value is -2.13. The monoisotopic (exact) mass is 450 g/mol. The van der Waals surface area contributed by atoms with Crippen LogP contribution in [0.2, 0.25) is 0 Å². The summed E-state index contributed by atoms with van der Waals surface area (Å²) in [5, 5.41) is 12.1. The van der Waals surface area contributed by atoms with Crippen LogP contribution < -0.4 is 5.32 Å². The van der Waals surface area contributed by atoms with E-state index < -0.39 is 0 Å². The molecule has 2 heterocycles. The first-order valence-electron chi connectivity index (χ1n) is 8.77. The molecule has 2 aromatic rings. The molecule has 3 rings (SSSR count). The van der Waals surface area contributed by atoms with Crippen LogP contribution in [0.25, 0.3) is 0 Å². The number of hydrogen-bond donors (Lipinski definition) is 1. The second-order valence-electron chi connectivity index (χ2n) is 6.21. The number of rotatable bonds is 8. The number of aromatic nitrogens is 2. The summed E-state index contributed by atoms with van der Waals surface area (Å²) in [7, 11) is 0. The van der Waals surface area contributed by atoms with Gasteiger partial charge in [0.05, 0.1) is 11.1 Å². The summed E-state index contributed by atoms with van der Waals surface area (Å²) in [5.74, 6) is -1.05. The first-order chi connectivity index (χ1) is 13.0. The number of carbonyl (C=O) groups excluding carboxylic acids is 3. The van der Waals surface area contributed by atoms with Gasteiger partial charge in [-0.3, -0.25) is 19.3 Å². The van der Waals surface area contributed by atoms with Crippen molar-refractivity contribution in [1.29, 1.82) is 0 Å². The summed E-state index contributed by atoms with van der Waals surface area (Å²) in [4.78, 5) is 38.0. The van der Waals surface area contributed by atoms with Gasteiger partial charge in [0.1, 0.15) is 5.01 Å². The molecule has 7 nitrogen and oxygen atoms in total. The number of hydrogen-bond acceptors (Lipinski definition) is 6. The average molecular weight is 451 g/mol. The molecule has 0 aliphatic carbocycles. The van der Waals surface area contributed by atoms with Crippen molar-refractivity contribution in [2.24, 2.45) is 0 Å². The van der Waals surface area contributed by atoms with E-state index >= 15 is 0 Å². The topological polar surface area (TPSA) is 92.3 Å². The molecule has 142 valence electrons. The molecule has 0 saturated heterocycles. The highest BCUT2D eigenvalue weighted by atomic mass is 79.9. The third-order valence-corrected chi connectivity index (χ3v) is 5.59. The molecule has 0 spiro atoms. The first kappa shape index (κ1) is 19.6. The van der Waals surface area contributed by atoms with Crippen molar-refractivity contribution in [3.05, 3.63) is 38.8 Å². The quantitative estimate of drug-likeness (QED) is 0.489. The van der Waals surface area contributed by atoms with Gasteiger partial charge in [-0.25, -0.2) is 0 Å². The van der Waals surface area contributed by atoms with E-state index in [0.29, 0.717) is 16.3 Å². The minimum atomic E-state index is -0.377. The van der Waals surface area contributed by atoms with E-state index in [0.717, 1.165) is 40.1 Å². The Kier molecular flexibility index (Phi) is 6.33. The molecule has 0 bridgehead atoms. The van der Waals surface area contributed by atoms with Gasteiger partial charge in [-0.05, 0) is 24.6 Å². The number of carbonyl (C=O) groups is 3. The zero-order chi connectivity index (χ0) is 19.4. The largest absolute Gasteiger partial charge is 0.300 e. The number of halogens is 1. The van der Waals surface area contributed by atoms with Crippen molar-refractivity contribution in [2.75, 3.05) is 11.9 Å². The molecule has 0 radical (unpaired) electrons. The summed E-state index contributed by atoms with van der Waals surface area (Å²) in [6, 6.07) is 4.95. The van der Waals surface area contributed by atoms with Gasteiger partial charge in [0.15, 0.2) is 0 Å². The minimum absolute atomic E-state index is 0.0113. The van der Waals surface area contributed by atoms with Crippen molar-refractivity contribution in [1.82, 2.24) is 15.1 Å². The fourth-order valence-electron chi connectivity index (χ4n) is 2.79. The maximum Gasteiger partial charge on any atom is 0.261 e. The highest BCUT2D eigenvalue weighted by Gasteiger charge is 2.35. The molecule has 0 atom stereocenters. The number of nitrogens with zero attached hydrogens (tertiary/aromatic N) is 3. The summed E-state index contributed by atoms with van der Waals surface area (Å²) >= 11 is 4.65. The van der Waals surface area contributed by atoms with E-state index in [-0.39, 0.29) is 30.7 Å². The van der Waals surface area contributed by atoms with E-state index in [1.807, 2.05) is 0 Å². The van der Waals surface area contributed by atoms with Gasteiger partial charge < -0.3 is 5.32 Å². The predicted molar refractivity (Wildman–Crippen MR) is 106 cm³/mol. The second kappa shape index (κ2) is 8.71. The number of unbranched alkanes of at least 4 members (excludes halogenated alkanes) is 2. The van der Waals surface area contributed by atoms with E-state index in [4.69, 9.17) is 0 Å². The number of amides is 3. The molecule has 0 fully saturated rings. The molecule has 3 amide bonds. The average Bonchev–Trinajstić information content (AvgIpc) is 3.17. The molecule has 27 heavy (non-hydrogen) atoms. The summed E-state index contributed by atoms with van der Waals surface area (Å²) < 4.78 is 0.730. The highest BCUT2D eigenvalue weighted by Crippen LogP contribution is 2.26. The SMILES string of the molecule is CCCCCc1nnc(NC(=O)CCN2C(=O)c3ccc(Br)cc3C2=O)s1. The van der Waals surface area contributed by atoms with Gasteiger partial charge in [0, 0.05) is 23.9 Å². The Morgan fingerprint density at radius 3 is 2.74 bits per heavy atom. The highest BCUT2D eigenvalue weighted by molar-refractivity contribution is 9.10. The van der Waals surface area contributed by atoms with Crippen LogP contribution in [-0.4, -0.2) is 39.4 Å². The van der Waals surface area contributed by atoms with Crippen LogP contribution in [0.3, 0.4) is 0 Å². The fraction of sp³-hybridized carbons (Fsp3) is 0.389. The number of aryl methyl sites for hydroxylation is 1. The smallest absolute Gasteiger partial charge is 0.261 e. The molecule has 1 aliphatic rings. The number of anilines is 1. The molecule has 0 unspecified atom stereocenters. The van der Waals surface area contributed by atoms with Crippen molar-refractivity contribution >= 4 is 50.1 Å². The van der Waals surface area contributed by atoms with E-state index in [1.54, 1.807) is 18.2 Å². The van der Waals surface area contributed by atoms with Crippen LogP contribution >= 0.6 is 27.3 Å². The second-order valence-corrected chi connectivity index (χ2v) is 8.19. The van der Waals surface area contributed by atoms with Crippen molar-refractivity contribution in [3.63, 3.8) is 0 Å². The van der Waals surface area contributed by atoms with Crippen LogP contribution in [-0.2, 0) is 11.2 Å². The standard InChI is InChI=1S/C18H19BrN4O3S/c1-2-3-4-5-15-21-22-18(27-15)20-14(24)8-9-23-16(25)12-7-6-11(19)10-13(12)17(23)26/h6-7,10H,2-5,8-9H2,1H3,(H,20,22,24). The maximum absolute atomic E-state index is 12.4. The number of benzene rings is 1. The lowest BCUT2D eigenvalue weighted by molar-refractivity contribution is -0.116. The van der Waals surface area contributed by atoms with Crippen molar-refractivity contribution in [3.8, 4) is 0 Å². The predicted octanol–water partition coefficient (Wildman–Crippen LogP) is 3.66. The van der Waals surface area contributed by atoms with Gasteiger partial charge in [-0.15, -0.1) is 10.2 Å². The van der Waals surface area contributed by atoms with Crippen LogP contribution in [0.1, 0.15) is 58.3 Å². The van der Waals surface area contributed by atoms with Crippen molar-refractivity contribution in [2.45, 2.75) is 39.0 Å². The molecule has 1 aromatic carbocycles. The number of imide groups is 1. The lowest BCUT2D eigenvalue weighted by Crippen LogP contribution is -2.32. The zero-order valence-corrected chi connectivity index (χ0v) is 17.2. The third-order valence-electron chi connectivity index (χ3n) is 4.20. The lowest BCUT2D eigenvalue weighted by atomic mass is 10.1. The number of fused-ring (bicyclic) bond motifs is 1. The van der Waals surface area contributed by atoms with Gasteiger partial charge >= 0.3 is 0 Å². The maximum atomic E-state index is 12.4. The van der Waals surface area contributed by atoms with Crippen molar-refractivity contribution < 1.29 is 14.4 Å². The fourth-order valence-corrected chi connectivity index (χ4v) is 3.95. The van der Waals surface area contributed by atoms with Crippen LogP contribution in [0.4, 0.5) is 5.13 Å². The van der Waals surface area contributed by atoms with E-state index in [9.17, 15) is 14.4 Å². The molecule has 0 saturated carbocycles. The Labute approximate surface area is 169 Å². The van der Waals surface area contributed by atoms with Crippen LogP contribution in [0.15, 0.2) is 22.7 Å². The third kappa shape index (κ3) is 4.59. The zero-order valence-electron chi connectivity index (χ0n) is 14.8. The number of nitrogens with one attached hydrogen (secondary N) is 1. The summed E-state index contributed by atoms with van der Waals surface area (Å²) in [6.45, 7) is 2.16. The lowest BCUT2D eigenvalue weighted by Gasteiger charge is -2.12. The first-order valence-corrected chi connectivity index (χ1v) is 10.4. The van der Waals surface area contributed by atoms with Gasteiger partial charge in [0.25, 0.3) is 11.8 Å². The van der Waals surface area contributed by atoms with E-state index in [2.05, 4.69) is 38.4 Å². The molecule has 1 aliphatic heterocycles. The Morgan fingerprint density at radius 2 is 1.96 bits per heavy atom. The van der Waals surface area contributed by atoms with Gasteiger partial charge in [-0.2, -0.15) is 0 Å². The van der Waals surface area contributed by atoms with Crippen LogP contribution in [0.5, 0.6) is 0 Å². The Morgan fingerprint density at radius 1 is 1.19 bits per heavy atom. The van der Waals surface area contributed by atoms with Crippen LogP contribution in [0, 0.1) is 0 Å².